The van der Waals surface area contributed by atoms with Crippen molar-refractivity contribution in [3.05, 3.63) is 11.6 Å². The van der Waals surface area contributed by atoms with E-state index in [1.165, 1.54) is 0 Å². The Morgan fingerprint density at radius 2 is 1.18 bits per heavy atom. The maximum Gasteiger partial charge on any atom is 0.187 e. The van der Waals surface area contributed by atoms with Gasteiger partial charge in [0.25, 0.3) is 0 Å². The number of aliphatic hydroxyl groups is 13. The molecule has 3 heterocycles. The Morgan fingerprint density at radius 1 is 0.642 bits per heavy atom. The molecule has 0 aromatic rings. The number of hydrogen-bond acceptors (Lipinski definition) is 19. The first-order valence-corrected chi connectivity index (χ1v) is 24.5. The van der Waals surface area contributed by atoms with Crippen LogP contribution < -0.4 is 0 Å². The summed E-state index contributed by atoms with van der Waals surface area (Å²) >= 11 is 0. The van der Waals surface area contributed by atoms with Gasteiger partial charge >= 0.3 is 0 Å². The quantitative estimate of drug-likeness (QED) is 0.0773. The van der Waals surface area contributed by atoms with E-state index in [0.29, 0.717) is 51.4 Å². The van der Waals surface area contributed by atoms with Gasteiger partial charge in [-0.3, -0.25) is 0 Å². The van der Waals surface area contributed by atoms with Gasteiger partial charge in [0.05, 0.1) is 43.7 Å². The number of ether oxygens (including phenoxy) is 6. The van der Waals surface area contributed by atoms with E-state index in [4.69, 9.17) is 28.4 Å². The molecule has 3 saturated heterocycles. The largest absolute Gasteiger partial charge is 0.394 e. The van der Waals surface area contributed by atoms with Crippen molar-refractivity contribution in [2.45, 2.75) is 223 Å². The summed E-state index contributed by atoms with van der Waals surface area (Å²) in [5, 5.41) is 142. The summed E-state index contributed by atoms with van der Waals surface area (Å²) in [6.45, 7) is 14.5. The van der Waals surface area contributed by atoms with E-state index < -0.39 is 158 Å². The van der Waals surface area contributed by atoms with Crippen LogP contribution in [0.3, 0.4) is 0 Å². The third-order valence-electron chi connectivity index (χ3n) is 18.7. The van der Waals surface area contributed by atoms with Crippen molar-refractivity contribution in [3.8, 4) is 0 Å². The molecule has 3 aliphatic heterocycles. The molecule has 0 amide bonds. The van der Waals surface area contributed by atoms with Gasteiger partial charge in [-0.15, -0.1) is 0 Å². The zero-order valence-electron chi connectivity index (χ0n) is 40.3. The van der Waals surface area contributed by atoms with Crippen LogP contribution in [-0.4, -0.2) is 202 Å². The number of aliphatic hydroxyl groups excluding tert-OH is 13. The number of allylic oxidation sites excluding steroid dienone is 2. The van der Waals surface area contributed by atoms with Crippen LogP contribution >= 0.6 is 0 Å². The average molecular weight is 963 g/mol. The Kier molecular flexibility index (Phi) is 15.9. The highest BCUT2D eigenvalue weighted by Crippen LogP contribution is 2.76. The van der Waals surface area contributed by atoms with Crippen molar-refractivity contribution in [3.63, 3.8) is 0 Å². The lowest BCUT2D eigenvalue weighted by molar-refractivity contribution is -0.374. The molecular weight excluding hydrogens is 881 g/mol. The van der Waals surface area contributed by atoms with E-state index in [0.717, 1.165) is 5.57 Å². The summed E-state index contributed by atoms with van der Waals surface area (Å²) in [5.74, 6) is -1.11. The normalized spacial score (nSPS) is 52.9. The molecule has 0 bridgehead atoms. The van der Waals surface area contributed by atoms with E-state index in [1.807, 2.05) is 34.6 Å². The number of hydrogen-bond donors (Lipinski definition) is 13. The van der Waals surface area contributed by atoms with Crippen molar-refractivity contribution in [2.75, 3.05) is 19.8 Å². The van der Waals surface area contributed by atoms with Gasteiger partial charge in [0.15, 0.2) is 18.9 Å². The van der Waals surface area contributed by atoms with E-state index >= 15 is 0 Å². The van der Waals surface area contributed by atoms with Crippen LogP contribution in [0.2, 0.25) is 0 Å². The van der Waals surface area contributed by atoms with Crippen molar-refractivity contribution >= 4 is 0 Å². The molecule has 67 heavy (non-hydrogen) atoms. The highest BCUT2D eigenvalue weighted by atomic mass is 16.7. The Hall–Kier alpha value is -1.02. The predicted octanol–water partition coefficient (Wildman–Crippen LogP) is -1.06. The molecule has 0 spiro atoms. The monoisotopic (exact) mass is 963 g/mol. The SMILES string of the molecule is CC(C)=CCC[C@](C)(O[C@H]1O[C@@H](CO)[C@@H](O)[C@H](O)[C@@H]1O)[C@@H]1CC[C@]2(C)[C@H]1[C@H](O)C[C@@H]1[C@]3(C)CC[C@H](O)C(C)(C)[C@H]3[C@@H](O[C@@H]3O[C@@H](CO)[C@H](O[C@@H]4O[C@H](CO)[C@H](O)[C@H](O)[C@H]4O)[C@H](O)[C@H]3O)C[C@@]12C. The zero-order chi connectivity index (χ0) is 49.5. The van der Waals surface area contributed by atoms with Crippen LogP contribution in [0.25, 0.3) is 0 Å². The number of rotatable bonds is 13. The average Bonchev–Trinajstić information content (AvgIpc) is 3.66. The highest BCUT2D eigenvalue weighted by Gasteiger charge is 2.74. The minimum atomic E-state index is -1.83. The molecular formula is C48H82O19. The van der Waals surface area contributed by atoms with Crippen LogP contribution in [0.4, 0.5) is 0 Å². The van der Waals surface area contributed by atoms with Crippen LogP contribution in [0, 0.1) is 45.3 Å². The van der Waals surface area contributed by atoms with Gasteiger partial charge in [0.1, 0.15) is 73.2 Å². The van der Waals surface area contributed by atoms with Crippen LogP contribution in [-0.2, 0) is 28.4 Å². The molecule has 0 radical (unpaired) electrons. The molecule has 4 aliphatic carbocycles. The lowest BCUT2D eigenvalue weighted by atomic mass is 9.34. The first-order chi connectivity index (χ1) is 31.3. The molecule has 388 valence electrons. The fourth-order valence-corrected chi connectivity index (χ4v) is 14.9. The molecule has 0 unspecified atom stereocenters. The van der Waals surface area contributed by atoms with Gasteiger partial charge in [-0.05, 0) is 117 Å². The molecule has 26 atom stereocenters. The minimum absolute atomic E-state index is 0.0841. The first-order valence-electron chi connectivity index (χ1n) is 24.5. The predicted molar refractivity (Wildman–Crippen MR) is 235 cm³/mol. The second kappa shape index (κ2) is 19.8. The Balaban J connectivity index is 1.21. The third kappa shape index (κ3) is 9.03. The molecule has 19 nitrogen and oxygen atoms in total. The molecule has 19 heteroatoms. The summed E-state index contributed by atoms with van der Waals surface area (Å²) in [5.41, 5.74) is -2.41. The molecule has 0 aromatic carbocycles. The Labute approximate surface area is 393 Å². The van der Waals surface area contributed by atoms with Crippen LogP contribution in [0.5, 0.6) is 0 Å². The topological polar surface area (TPSA) is 318 Å². The van der Waals surface area contributed by atoms with Gasteiger partial charge < -0.3 is 94.8 Å². The molecule has 7 rings (SSSR count). The fraction of sp³-hybridized carbons (Fsp3) is 0.958. The fourth-order valence-electron chi connectivity index (χ4n) is 14.9. The third-order valence-corrected chi connectivity index (χ3v) is 18.7. The van der Waals surface area contributed by atoms with Crippen molar-refractivity contribution in [2.24, 2.45) is 45.3 Å². The maximum atomic E-state index is 12.7. The second-order valence-corrected chi connectivity index (χ2v) is 23.1. The molecule has 7 fully saturated rings. The summed E-state index contributed by atoms with van der Waals surface area (Å²) in [4.78, 5) is 0. The summed E-state index contributed by atoms with van der Waals surface area (Å²) < 4.78 is 37.3. The second-order valence-electron chi connectivity index (χ2n) is 23.1. The smallest absolute Gasteiger partial charge is 0.187 e. The zero-order valence-corrected chi connectivity index (χ0v) is 40.3. The van der Waals surface area contributed by atoms with Gasteiger partial charge in [0, 0.05) is 0 Å². The molecule has 4 saturated carbocycles. The van der Waals surface area contributed by atoms with Gasteiger partial charge in [-0.2, -0.15) is 0 Å². The van der Waals surface area contributed by atoms with Crippen molar-refractivity contribution in [1.29, 1.82) is 0 Å². The summed E-state index contributed by atoms with van der Waals surface area (Å²) in [6.07, 6.45) is -19.6. The first kappa shape index (κ1) is 53.8. The van der Waals surface area contributed by atoms with E-state index in [2.05, 4.69) is 26.8 Å². The molecule has 0 aromatic heterocycles. The van der Waals surface area contributed by atoms with Crippen LogP contribution in [0.15, 0.2) is 11.6 Å². The van der Waals surface area contributed by atoms with Crippen molar-refractivity contribution < 1.29 is 94.8 Å². The highest BCUT2D eigenvalue weighted by molar-refractivity contribution is 5.22. The van der Waals surface area contributed by atoms with Crippen molar-refractivity contribution in [1.82, 2.24) is 0 Å². The van der Waals surface area contributed by atoms with E-state index in [1.54, 1.807) is 0 Å². The summed E-state index contributed by atoms with van der Waals surface area (Å²) in [6, 6.07) is 0. The molecule has 7 aliphatic rings. The summed E-state index contributed by atoms with van der Waals surface area (Å²) in [7, 11) is 0. The van der Waals surface area contributed by atoms with Gasteiger partial charge in [-0.25, -0.2) is 0 Å². The van der Waals surface area contributed by atoms with Crippen LogP contribution in [0.1, 0.15) is 107 Å². The standard InChI is InChI=1S/C48H82O19/c1-21(2)10-9-13-48(8,67-43-37(60)34(57)32(55)26(19-50)64-43)22-11-15-46(6)30(22)23(52)16-28-45(5)14-12-29(53)44(3,4)40(45)24(17-47(28,46)7)62-41-38(61)35(58)39(27(20-51)65-41)66-42-36(59)33(56)31(54)25(18-49)63-42/h10,22-43,49-61H,9,11-20H2,1-8H3/t22-,23-,24+,25-,26+,27+,28-,29+,30-,31+,32-,33+,34+,35-,36-,37+,38-,39+,40-,41-,42+,43-,45+,46-,47+,48+/m1/s1. The maximum absolute atomic E-state index is 12.7. The van der Waals surface area contributed by atoms with E-state index in [-0.39, 0.29) is 23.7 Å². The number of fused-ring (bicyclic) bond motifs is 5. The minimum Gasteiger partial charge on any atom is -0.394 e. The Bertz CT molecular complexity index is 1710. The lowest BCUT2D eigenvalue weighted by Crippen LogP contribution is -2.71. The van der Waals surface area contributed by atoms with E-state index in [9.17, 15) is 66.4 Å². The van der Waals surface area contributed by atoms with Gasteiger partial charge in [0.2, 0.25) is 0 Å². The molecule has 13 N–H and O–H groups in total. The Morgan fingerprint density at radius 3 is 1.76 bits per heavy atom. The lowest BCUT2D eigenvalue weighted by Gasteiger charge is -2.72. The van der Waals surface area contributed by atoms with Gasteiger partial charge in [-0.1, -0.05) is 46.3 Å².